The Labute approximate surface area is 125 Å². The molecule has 0 radical (unpaired) electrons. The maximum absolute atomic E-state index is 10.3. The second kappa shape index (κ2) is 5.59. The number of benzene rings is 1. The summed E-state index contributed by atoms with van der Waals surface area (Å²) in [6.45, 7) is 1.86. The Balaban J connectivity index is 2.24. The predicted molar refractivity (Wildman–Crippen MR) is 80.8 cm³/mol. The van der Waals surface area contributed by atoms with Gasteiger partial charge in [0.25, 0.3) is 0 Å². The van der Waals surface area contributed by atoms with Gasteiger partial charge in [-0.2, -0.15) is 5.10 Å². The van der Waals surface area contributed by atoms with Crippen LogP contribution in [0.2, 0.25) is 5.02 Å². The molecule has 1 unspecified atom stereocenters. The van der Waals surface area contributed by atoms with E-state index in [1.54, 1.807) is 4.68 Å². The van der Waals surface area contributed by atoms with Crippen LogP contribution in [0.15, 0.2) is 24.3 Å². The molecule has 1 aromatic carbocycles. The van der Waals surface area contributed by atoms with Crippen LogP contribution in [0.4, 0.5) is 0 Å². The number of nitrogens with zero attached hydrogens (tertiary/aromatic N) is 2. The van der Waals surface area contributed by atoms with Gasteiger partial charge in [-0.3, -0.25) is 4.68 Å². The Hall–Kier alpha value is -0.590. The first kappa shape index (κ1) is 13.8. The monoisotopic (exact) mass is 376 g/mol. The first-order valence-electron chi connectivity index (χ1n) is 5.60. The Bertz CT molecular complexity index is 568. The van der Waals surface area contributed by atoms with Gasteiger partial charge >= 0.3 is 0 Å². The molecule has 2 rings (SSSR count). The number of aromatic nitrogens is 2. The highest BCUT2D eigenvalue weighted by atomic mass is 127. The molecule has 0 aliphatic heterocycles. The van der Waals surface area contributed by atoms with Gasteiger partial charge in [0.2, 0.25) is 0 Å². The van der Waals surface area contributed by atoms with E-state index in [0.29, 0.717) is 11.4 Å². The Morgan fingerprint density at radius 3 is 2.78 bits per heavy atom. The average Bonchev–Trinajstić information content (AvgIpc) is 2.56. The molecule has 0 saturated heterocycles. The van der Waals surface area contributed by atoms with Crippen molar-refractivity contribution >= 4 is 34.2 Å². The van der Waals surface area contributed by atoms with Gasteiger partial charge in [0.05, 0.1) is 22.5 Å². The van der Waals surface area contributed by atoms with Crippen LogP contribution < -0.4 is 0 Å². The van der Waals surface area contributed by atoms with E-state index in [-0.39, 0.29) is 0 Å². The van der Waals surface area contributed by atoms with Crippen LogP contribution in [-0.2, 0) is 13.5 Å². The van der Waals surface area contributed by atoms with Crippen molar-refractivity contribution in [3.8, 4) is 0 Å². The number of halogens is 2. The van der Waals surface area contributed by atoms with Crippen molar-refractivity contribution in [3.05, 3.63) is 49.8 Å². The van der Waals surface area contributed by atoms with Crippen LogP contribution in [0, 0.1) is 10.5 Å². The number of aliphatic hydroxyl groups excluding tert-OH is 1. The lowest BCUT2D eigenvalue weighted by atomic mass is 10.0. The number of rotatable bonds is 3. The molecule has 1 heterocycles. The number of hydrogen-bond acceptors (Lipinski definition) is 2. The van der Waals surface area contributed by atoms with Crippen molar-refractivity contribution < 1.29 is 5.11 Å². The zero-order valence-electron chi connectivity index (χ0n) is 10.2. The maximum Gasteiger partial charge on any atom is 0.0848 e. The minimum atomic E-state index is -0.563. The van der Waals surface area contributed by atoms with E-state index in [1.165, 1.54) is 0 Å². The molecule has 0 fully saturated rings. The van der Waals surface area contributed by atoms with Crippen molar-refractivity contribution in [2.24, 2.45) is 7.05 Å². The summed E-state index contributed by atoms with van der Waals surface area (Å²) in [6.07, 6.45) is -0.0944. The lowest BCUT2D eigenvalue weighted by Gasteiger charge is -2.12. The fraction of sp³-hybridized carbons (Fsp3) is 0.308. The van der Waals surface area contributed by atoms with Crippen molar-refractivity contribution in [2.45, 2.75) is 19.4 Å². The van der Waals surface area contributed by atoms with E-state index < -0.39 is 6.10 Å². The molecule has 0 amide bonds. The number of aliphatic hydroxyl groups is 1. The fourth-order valence-corrected chi connectivity index (χ4v) is 2.72. The molecule has 1 atom stereocenters. The quantitative estimate of drug-likeness (QED) is 0.835. The summed E-state index contributed by atoms with van der Waals surface area (Å²) in [7, 11) is 1.84. The normalized spacial score (nSPS) is 12.7. The van der Waals surface area contributed by atoms with Crippen molar-refractivity contribution in [3.63, 3.8) is 0 Å². The van der Waals surface area contributed by atoms with Crippen LogP contribution in [0.25, 0.3) is 0 Å². The van der Waals surface area contributed by atoms with Crippen LogP contribution in [-0.4, -0.2) is 14.9 Å². The SMILES string of the molecule is Cc1nn(C)c(CC(O)c2cccc(I)c2)c1Cl. The molecule has 0 aliphatic rings. The summed E-state index contributed by atoms with van der Waals surface area (Å²) in [5.41, 5.74) is 2.56. The molecule has 1 aromatic heterocycles. The zero-order valence-corrected chi connectivity index (χ0v) is 13.1. The fourth-order valence-electron chi connectivity index (χ4n) is 1.92. The third-order valence-corrected chi connectivity index (χ3v) is 4.04. The molecule has 5 heteroatoms. The largest absolute Gasteiger partial charge is 0.388 e. The van der Waals surface area contributed by atoms with Crippen LogP contribution in [0.1, 0.15) is 23.1 Å². The van der Waals surface area contributed by atoms with Gasteiger partial charge in [-0.25, -0.2) is 0 Å². The highest BCUT2D eigenvalue weighted by molar-refractivity contribution is 14.1. The Morgan fingerprint density at radius 2 is 2.22 bits per heavy atom. The van der Waals surface area contributed by atoms with Gasteiger partial charge in [0.15, 0.2) is 0 Å². The van der Waals surface area contributed by atoms with E-state index in [2.05, 4.69) is 27.7 Å². The smallest absolute Gasteiger partial charge is 0.0848 e. The van der Waals surface area contributed by atoms with E-state index >= 15 is 0 Å². The van der Waals surface area contributed by atoms with Crippen molar-refractivity contribution in [2.75, 3.05) is 0 Å². The van der Waals surface area contributed by atoms with Gasteiger partial charge in [0, 0.05) is 17.0 Å². The molecule has 0 spiro atoms. The summed E-state index contributed by atoms with van der Waals surface area (Å²) >= 11 is 8.41. The molecule has 0 aliphatic carbocycles. The molecule has 0 saturated carbocycles. The van der Waals surface area contributed by atoms with E-state index in [9.17, 15) is 5.11 Å². The molecule has 2 aromatic rings. The second-order valence-electron chi connectivity index (χ2n) is 4.24. The summed E-state index contributed by atoms with van der Waals surface area (Å²) in [5.74, 6) is 0. The summed E-state index contributed by atoms with van der Waals surface area (Å²) < 4.78 is 2.84. The van der Waals surface area contributed by atoms with Gasteiger partial charge in [0.1, 0.15) is 0 Å². The van der Waals surface area contributed by atoms with E-state index in [4.69, 9.17) is 11.6 Å². The topological polar surface area (TPSA) is 38.0 Å². The summed E-state index contributed by atoms with van der Waals surface area (Å²) in [5, 5.41) is 15.1. The molecule has 1 N–H and O–H groups in total. The molecule has 3 nitrogen and oxygen atoms in total. The molecular weight excluding hydrogens is 363 g/mol. The van der Waals surface area contributed by atoms with Crippen molar-refractivity contribution in [1.29, 1.82) is 0 Å². The highest BCUT2D eigenvalue weighted by Gasteiger charge is 2.16. The lowest BCUT2D eigenvalue weighted by molar-refractivity contribution is 0.176. The first-order chi connectivity index (χ1) is 8.49. The minimum absolute atomic E-state index is 0.469. The summed E-state index contributed by atoms with van der Waals surface area (Å²) in [6, 6.07) is 7.83. The third-order valence-electron chi connectivity index (χ3n) is 2.88. The van der Waals surface area contributed by atoms with E-state index in [1.807, 2.05) is 38.2 Å². The van der Waals surface area contributed by atoms with E-state index in [0.717, 1.165) is 20.5 Å². The molecule has 18 heavy (non-hydrogen) atoms. The lowest BCUT2D eigenvalue weighted by Crippen LogP contribution is -2.07. The minimum Gasteiger partial charge on any atom is -0.388 e. The molecule has 96 valence electrons. The predicted octanol–water partition coefficient (Wildman–Crippen LogP) is 3.26. The number of hydrogen-bond donors (Lipinski definition) is 1. The van der Waals surface area contributed by atoms with Gasteiger partial charge in [-0.1, -0.05) is 23.7 Å². The van der Waals surface area contributed by atoms with Crippen LogP contribution >= 0.6 is 34.2 Å². The zero-order chi connectivity index (χ0) is 13.3. The first-order valence-corrected chi connectivity index (χ1v) is 7.06. The van der Waals surface area contributed by atoms with Crippen LogP contribution in [0.5, 0.6) is 0 Å². The van der Waals surface area contributed by atoms with Gasteiger partial charge in [-0.05, 0) is 47.2 Å². The average molecular weight is 377 g/mol. The molecular formula is C13H14ClIN2O. The van der Waals surface area contributed by atoms with Gasteiger partial charge < -0.3 is 5.11 Å². The summed E-state index contributed by atoms with van der Waals surface area (Å²) in [4.78, 5) is 0. The standard InChI is InChI=1S/C13H14ClIN2O/c1-8-13(14)11(17(2)16-8)7-12(18)9-4-3-5-10(15)6-9/h3-6,12,18H,7H2,1-2H3. The third kappa shape index (κ3) is 2.87. The van der Waals surface area contributed by atoms with Crippen molar-refractivity contribution in [1.82, 2.24) is 9.78 Å². The Morgan fingerprint density at radius 1 is 1.50 bits per heavy atom. The number of aryl methyl sites for hydroxylation is 2. The van der Waals surface area contributed by atoms with Crippen LogP contribution in [0.3, 0.4) is 0 Å². The highest BCUT2D eigenvalue weighted by Crippen LogP contribution is 2.26. The van der Waals surface area contributed by atoms with Gasteiger partial charge in [-0.15, -0.1) is 0 Å². The maximum atomic E-state index is 10.3. The molecule has 0 bridgehead atoms. The second-order valence-corrected chi connectivity index (χ2v) is 5.87. The Kier molecular flexibility index (Phi) is 4.29.